The zero-order chi connectivity index (χ0) is 15.0. The zero-order valence-electron chi connectivity index (χ0n) is 11.7. The minimum atomic E-state index is -0.465. The molecule has 2 heterocycles. The molecular weight excluding hydrogens is 269 g/mol. The van der Waals surface area contributed by atoms with Crippen molar-refractivity contribution in [3.63, 3.8) is 0 Å². The largest absolute Gasteiger partial charge is 0.318 e. The van der Waals surface area contributed by atoms with Crippen molar-refractivity contribution >= 4 is 17.2 Å². The van der Waals surface area contributed by atoms with Crippen LogP contribution >= 0.6 is 0 Å². The number of nitrogens with one attached hydrogen (secondary N) is 1. The molecule has 5 heteroatoms. The van der Waals surface area contributed by atoms with E-state index in [2.05, 4.69) is 10.3 Å². The topological polar surface area (TPSA) is 46.4 Å². The summed E-state index contributed by atoms with van der Waals surface area (Å²) in [6, 6.07) is 9.87. The van der Waals surface area contributed by atoms with Crippen molar-refractivity contribution in [1.29, 1.82) is 0 Å². The maximum atomic E-state index is 13.6. The third kappa shape index (κ3) is 2.38. The Morgan fingerprint density at radius 2 is 2.00 bits per heavy atom. The fourth-order valence-electron chi connectivity index (χ4n) is 2.28. The molecule has 1 aromatic carbocycles. The third-order valence-electron chi connectivity index (χ3n) is 3.29. The van der Waals surface area contributed by atoms with Gasteiger partial charge in [-0.2, -0.15) is 0 Å². The number of para-hydroxylation sites is 1. The number of aryl methyl sites for hydroxylation is 2. The Morgan fingerprint density at radius 1 is 1.24 bits per heavy atom. The SMILES string of the molecule is Cc1ccn2c(C(=O)Nc3ccccc3F)c(C)nc2c1. The number of nitrogens with zero attached hydrogens (tertiary/aromatic N) is 2. The number of imidazole rings is 1. The van der Waals surface area contributed by atoms with Crippen molar-refractivity contribution in [2.45, 2.75) is 13.8 Å². The summed E-state index contributed by atoms with van der Waals surface area (Å²) < 4.78 is 15.3. The molecule has 0 aliphatic rings. The highest BCUT2D eigenvalue weighted by Crippen LogP contribution is 2.17. The van der Waals surface area contributed by atoms with Gasteiger partial charge in [0, 0.05) is 6.20 Å². The Bertz CT molecular complexity index is 839. The van der Waals surface area contributed by atoms with Gasteiger partial charge in [0.2, 0.25) is 0 Å². The van der Waals surface area contributed by atoms with Gasteiger partial charge >= 0.3 is 0 Å². The Kier molecular flexibility index (Phi) is 3.17. The molecule has 0 bridgehead atoms. The molecule has 1 amide bonds. The second-order valence-electron chi connectivity index (χ2n) is 4.91. The molecular formula is C16H14FN3O. The lowest BCUT2D eigenvalue weighted by Gasteiger charge is -2.07. The normalized spacial score (nSPS) is 10.8. The van der Waals surface area contributed by atoms with Crippen molar-refractivity contribution < 1.29 is 9.18 Å². The molecule has 4 nitrogen and oxygen atoms in total. The average Bonchev–Trinajstić information content (AvgIpc) is 2.76. The van der Waals surface area contributed by atoms with Gasteiger partial charge in [0.1, 0.15) is 17.2 Å². The molecule has 0 fully saturated rings. The first-order valence-electron chi connectivity index (χ1n) is 6.57. The van der Waals surface area contributed by atoms with E-state index in [0.29, 0.717) is 17.0 Å². The Morgan fingerprint density at radius 3 is 2.76 bits per heavy atom. The van der Waals surface area contributed by atoms with Gasteiger partial charge in [0.15, 0.2) is 0 Å². The van der Waals surface area contributed by atoms with Crippen molar-refractivity contribution in [2.75, 3.05) is 5.32 Å². The molecule has 0 aliphatic carbocycles. The predicted octanol–water partition coefficient (Wildman–Crippen LogP) is 3.34. The van der Waals surface area contributed by atoms with E-state index in [1.54, 1.807) is 29.7 Å². The lowest BCUT2D eigenvalue weighted by atomic mass is 10.2. The first-order chi connectivity index (χ1) is 10.1. The summed E-state index contributed by atoms with van der Waals surface area (Å²) in [5.74, 6) is -0.845. The summed E-state index contributed by atoms with van der Waals surface area (Å²) in [4.78, 5) is 16.8. The Hall–Kier alpha value is -2.69. The summed E-state index contributed by atoms with van der Waals surface area (Å²) in [7, 11) is 0. The number of carbonyl (C=O) groups is 1. The fourth-order valence-corrected chi connectivity index (χ4v) is 2.28. The van der Waals surface area contributed by atoms with Crippen LogP contribution in [0.1, 0.15) is 21.7 Å². The van der Waals surface area contributed by atoms with E-state index in [1.165, 1.54) is 12.1 Å². The molecule has 0 aliphatic heterocycles. The monoisotopic (exact) mass is 283 g/mol. The van der Waals surface area contributed by atoms with Crippen LogP contribution in [0.4, 0.5) is 10.1 Å². The van der Waals surface area contributed by atoms with Gasteiger partial charge in [-0.3, -0.25) is 9.20 Å². The third-order valence-corrected chi connectivity index (χ3v) is 3.29. The number of aromatic nitrogens is 2. The second kappa shape index (κ2) is 5.01. The molecule has 0 unspecified atom stereocenters. The van der Waals surface area contributed by atoms with E-state index in [4.69, 9.17) is 0 Å². The maximum absolute atomic E-state index is 13.6. The molecule has 0 saturated heterocycles. The van der Waals surface area contributed by atoms with Gasteiger partial charge in [-0.1, -0.05) is 12.1 Å². The van der Waals surface area contributed by atoms with Gasteiger partial charge in [-0.05, 0) is 43.7 Å². The fraction of sp³-hybridized carbons (Fsp3) is 0.125. The quantitative estimate of drug-likeness (QED) is 0.784. The van der Waals surface area contributed by atoms with Crippen molar-refractivity contribution in [3.05, 3.63) is 65.4 Å². The first kappa shape index (κ1) is 13.3. The lowest BCUT2D eigenvalue weighted by molar-refractivity contribution is 0.102. The highest BCUT2D eigenvalue weighted by molar-refractivity contribution is 6.04. The van der Waals surface area contributed by atoms with Crippen LogP contribution in [-0.4, -0.2) is 15.3 Å². The van der Waals surface area contributed by atoms with Crippen LogP contribution in [-0.2, 0) is 0 Å². The smallest absolute Gasteiger partial charge is 0.274 e. The Labute approximate surface area is 121 Å². The van der Waals surface area contributed by atoms with Crippen molar-refractivity contribution in [1.82, 2.24) is 9.38 Å². The minimum absolute atomic E-state index is 0.156. The predicted molar refractivity (Wildman–Crippen MR) is 79.0 cm³/mol. The molecule has 2 aromatic heterocycles. The molecule has 21 heavy (non-hydrogen) atoms. The number of anilines is 1. The number of pyridine rings is 1. The van der Waals surface area contributed by atoms with E-state index < -0.39 is 5.82 Å². The average molecular weight is 283 g/mol. The number of benzene rings is 1. The highest BCUT2D eigenvalue weighted by Gasteiger charge is 2.17. The van der Waals surface area contributed by atoms with Crippen LogP contribution in [0.2, 0.25) is 0 Å². The van der Waals surface area contributed by atoms with E-state index >= 15 is 0 Å². The number of hydrogen-bond acceptors (Lipinski definition) is 2. The summed E-state index contributed by atoms with van der Waals surface area (Å²) in [6.45, 7) is 3.72. The number of fused-ring (bicyclic) bond motifs is 1. The van der Waals surface area contributed by atoms with Crippen LogP contribution in [0.5, 0.6) is 0 Å². The molecule has 3 rings (SSSR count). The number of hydrogen-bond donors (Lipinski definition) is 1. The van der Waals surface area contributed by atoms with Crippen LogP contribution in [0.3, 0.4) is 0 Å². The van der Waals surface area contributed by atoms with Gasteiger partial charge in [-0.25, -0.2) is 9.37 Å². The molecule has 0 spiro atoms. The Balaban J connectivity index is 2.02. The van der Waals surface area contributed by atoms with Gasteiger partial charge in [-0.15, -0.1) is 0 Å². The van der Waals surface area contributed by atoms with E-state index in [-0.39, 0.29) is 11.6 Å². The van der Waals surface area contributed by atoms with Crippen molar-refractivity contribution in [2.24, 2.45) is 0 Å². The maximum Gasteiger partial charge on any atom is 0.274 e. The summed E-state index contributed by atoms with van der Waals surface area (Å²) in [5, 5.41) is 2.59. The van der Waals surface area contributed by atoms with Crippen molar-refractivity contribution in [3.8, 4) is 0 Å². The molecule has 106 valence electrons. The molecule has 0 saturated carbocycles. The van der Waals surface area contributed by atoms with Gasteiger partial charge in [0.05, 0.1) is 11.4 Å². The van der Waals surface area contributed by atoms with Crippen LogP contribution < -0.4 is 5.32 Å². The number of rotatable bonds is 2. The highest BCUT2D eigenvalue weighted by atomic mass is 19.1. The van der Waals surface area contributed by atoms with Crippen LogP contribution in [0, 0.1) is 19.7 Å². The lowest BCUT2D eigenvalue weighted by Crippen LogP contribution is -2.16. The van der Waals surface area contributed by atoms with Gasteiger partial charge in [0.25, 0.3) is 5.91 Å². The molecule has 0 atom stereocenters. The van der Waals surface area contributed by atoms with E-state index in [9.17, 15) is 9.18 Å². The second-order valence-corrected chi connectivity index (χ2v) is 4.91. The van der Waals surface area contributed by atoms with E-state index in [0.717, 1.165) is 5.56 Å². The molecule has 3 aromatic rings. The van der Waals surface area contributed by atoms with Gasteiger partial charge < -0.3 is 5.32 Å². The number of halogens is 1. The summed E-state index contributed by atoms with van der Waals surface area (Å²) >= 11 is 0. The minimum Gasteiger partial charge on any atom is -0.318 e. The van der Waals surface area contributed by atoms with Crippen LogP contribution in [0.25, 0.3) is 5.65 Å². The number of amides is 1. The van der Waals surface area contributed by atoms with Crippen LogP contribution in [0.15, 0.2) is 42.6 Å². The first-order valence-corrected chi connectivity index (χ1v) is 6.57. The molecule has 1 N–H and O–H groups in total. The summed E-state index contributed by atoms with van der Waals surface area (Å²) in [6.07, 6.45) is 1.79. The standard InChI is InChI=1S/C16H14FN3O/c1-10-7-8-20-14(9-10)18-11(2)15(20)16(21)19-13-6-4-3-5-12(13)17/h3-9H,1-2H3,(H,19,21). The number of carbonyl (C=O) groups excluding carboxylic acids is 1. The van der Waals surface area contributed by atoms with E-state index in [1.807, 2.05) is 19.1 Å². The zero-order valence-corrected chi connectivity index (χ0v) is 11.7. The molecule has 0 radical (unpaired) electrons. The summed E-state index contributed by atoms with van der Waals surface area (Å²) in [5.41, 5.74) is 2.94.